The van der Waals surface area contributed by atoms with Crippen LogP contribution in [0, 0.1) is 11.8 Å². The lowest BCUT2D eigenvalue weighted by Crippen LogP contribution is -2.40. The van der Waals surface area contributed by atoms with Crippen molar-refractivity contribution in [2.45, 2.75) is 34.1 Å². The molecule has 1 rings (SSSR count). The van der Waals surface area contributed by atoms with Crippen LogP contribution in [0.25, 0.3) is 0 Å². The first kappa shape index (κ1) is 20.6. The van der Waals surface area contributed by atoms with Gasteiger partial charge in [-0.05, 0) is 24.0 Å². The highest BCUT2D eigenvalue weighted by Gasteiger charge is 2.20. The zero-order valence-corrected chi connectivity index (χ0v) is 16.2. The smallest absolute Gasteiger partial charge is 0.234 e. The van der Waals surface area contributed by atoms with Crippen molar-refractivity contribution in [1.82, 2.24) is 10.2 Å². The molecule has 0 fully saturated rings. The summed E-state index contributed by atoms with van der Waals surface area (Å²) in [5.41, 5.74) is 0.691. The summed E-state index contributed by atoms with van der Waals surface area (Å²) in [7, 11) is 0. The zero-order chi connectivity index (χ0) is 18.3. The number of benzene rings is 1. The van der Waals surface area contributed by atoms with Crippen LogP contribution in [0.1, 0.15) is 39.7 Å². The molecule has 2 amide bonds. The molecule has 1 aromatic rings. The van der Waals surface area contributed by atoms with Crippen LogP contribution < -0.4 is 5.32 Å². The predicted octanol–water partition coefficient (Wildman–Crippen LogP) is 3.66. The number of rotatable bonds is 7. The number of carbonyl (C=O) groups excluding carboxylic acids is 2. The molecule has 0 aliphatic carbocycles. The fourth-order valence-corrected chi connectivity index (χ4v) is 2.63. The van der Waals surface area contributed by atoms with Crippen molar-refractivity contribution < 1.29 is 9.59 Å². The van der Waals surface area contributed by atoms with Gasteiger partial charge in [-0.1, -0.05) is 63.6 Å². The molecule has 132 valence electrons. The van der Waals surface area contributed by atoms with Gasteiger partial charge in [0.1, 0.15) is 11.4 Å². The molecule has 0 bridgehead atoms. The number of carbonyl (C=O) groups is 2. The normalized spacial score (nSPS) is 10.8. The molecule has 0 aliphatic heterocycles. The number of halogens is 1. The van der Waals surface area contributed by atoms with Crippen LogP contribution in [0.2, 0.25) is 5.02 Å². The number of thiocarbonyl (C=S) groups is 1. The number of hydrogen-bond acceptors (Lipinski definition) is 3. The number of amides is 2. The molecule has 0 atom stereocenters. The van der Waals surface area contributed by atoms with Crippen LogP contribution >= 0.6 is 23.8 Å². The molecule has 1 N–H and O–H groups in total. The Morgan fingerprint density at radius 1 is 1.08 bits per heavy atom. The van der Waals surface area contributed by atoms with E-state index in [1.54, 1.807) is 29.2 Å². The van der Waals surface area contributed by atoms with Crippen molar-refractivity contribution in [2.75, 3.05) is 13.1 Å². The highest BCUT2D eigenvalue weighted by molar-refractivity contribution is 7.80. The molecule has 6 heteroatoms. The molecule has 24 heavy (non-hydrogen) atoms. The van der Waals surface area contributed by atoms with E-state index in [0.29, 0.717) is 40.5 Å². The van der Waals surface area contributed by atoms with E-state index < -0.39 is 5.91 Å². The Bertz CT molecular complexity index is 575. The topological polar surface area (TPSA) is 49.4 Å². The van der Waals surface area contributed by atoms with Crippen molar-refractivity contribution in [2.24, 2.45) is 11.8 Å². The van der Waals surface area contributed by atoms with Crippen molar-refractivity contribution in [3.05, 3.63) is 34.9 Å². The van der Waals surface area contributed by atoms with Gasteiger partial charge >= 0.3 is 0 Å². The Balaban J connectivity index is 2.62. The summed E-state index contributed by atoms with van der Waals surface area (Å²) < 4.78 is 0. The molecule has 0 heterocycles. The quantitative estimate of drug-likeness (QED) is 0.590. The molecule has 0 saturated heterocycles. The van der Waals surface area contributed by atoms with Crippen molar-refractivity contribution in [3.8, 4) is 0 Å². The number of nitrogens with zero attached hydrogens (tertiary/aromatic N) is 1. The van der Waals surface area contributed by atoms with Gasteiger partial charge in [0.05, 0.1) is 0 Å². The van der Waals surface area contributed by atoms with E-state index in [-0.39, 0.29) is 12.3 Å². The fraction of sp³-hybridized carbons (Fsp3) is 0.500. The molecule has 0 saturated carbocycles. The second-order valence-corrected chi connectivity index (χ2v) is 7.49. The molecule has 0 spiro atoms. The lowest BCUT2D eigenvalue weighted by Gasteiger charge is -2.26. The summed E-state index contributed by atoms with van der Waals surface area (Å²) in [5.74, 6) is 0.142. The lowest BCUT2D eigenvalue weighted by molar-refractivity contribution is -0.136. The van der Waals surface area contributed by atoms with Gasteiger partial charge in [-0.3, -0.25) is 9.59 Å². The predicted molar refractivity (Wildman–Crippen MR) is 102 cm³/mol. The number of nitrogens with one attached hydrogen (secondary N) is 1. The minimum Gasteiger partial charge on any atom is -0.342 e. The highest BCUT2D eigenvalue weighted by Crippen LogP contribution is 2.10. The molecule has 1 aromatic carbocycles. The highest BCUT2D eigenvalue weighted by atomic mass is 35.5. The van der Waals surface area contributed by atoms with E-state index in [0.717, 1.165) is 0 Å². The molecule has 0 aliphatic rings. The second kappa shape index (κ2) is 9.74. The average molecular weight is 369 g/mol. The van der Waals surface area contributed by atoms with Gasteiger partial charge in [0.15, 0.2) is 0 Å². The maximum absolute atomic E-state index is 12.4. The van der Waals surface area contributed by atoms with Crippen LogP contribution in [0.4, 0.5) is 0 Å². The van der Waals surface area contributed by atoms with Crippen LogP contribution in [0.3, 0.4) is 0 Å². The Labute approximate surface area is 154 Å². The van der Waals surface area contributed by atoms with Crippen molar-refractivity contribution >= 4 is 40.6 Å². The van der Waals surface area contributed by atoms with E-state index >= 15 is 0 Å². The van der Waals surface area contributed by atoms with Crippen LogP contribution in [0.5, 0.6) is 0 Å². The van der Waals surface area contributed by atoms with Crippen LogP contribution in [-0.4, -0.2) is 34.8 Å². The third-order valence-corrected chi connectivity index (χ3v) is 3.78. The van der Waals surface area contributed by atoms with E-state index in [1.165, 1.54) is 0 Å². The third-order valence-electron chi connectivity index (χ3n) is 3.19. The Kier molecular flexibility index (Phi) is 8.36. The lowest BCUT2D eigenvalue weighted by atomic mass is 10.1. The summed E-state index contributed by atoms with van der Waals surface area (Å²) >= 11 is 11.0. The first-order chi connectivity index (χ1) is 11.2. The largest absolute Gasteiger partial charge is 0.342 e. The Morgan fingerprint density at radius 2 is 1.58 bits per heavy atom. The maximum Gasteiger partial charge on any atom is 0.234 e. The molecular formula is C18H25ClN2O2S. The summed E-state index contributed by atoms with van der Waals surface area (Å²) in [4.78, 5) is 26.5. The minimum absolute atomic E-state index is 0.172. The zero-order valence-electron chi connectivity index (χ0n) is 14.6. The maximum atomic E-state index is 12.4. The summed E-state index contributed by atoms with van der Waals surface area (Å²) in [6.07, 6.45) is -0.201. The van der Waals surface area contributed by atoms with Crippen LogP contribution in [0.15, 0.2) is 24.3 Å². The van der Waals surface area contributed by atoms with Crippen molar-refractivity contribution in [3.63, 3.8) is 0 Å². The Hall–Kier alpha value is -1.46. The minimum atomic E-state index is -0.391. The summed E-state index contributed by atoms with van der Waals surface area (Å²) in [6.45, 7) is 9.50. The molecule has 0 aromatic heterocycles. The standard InChI is InChI=1S/C18H25ClN2O2S/c1-12(2)10-21(11-13(3)4)17(23)9-16(22)20-18(24)14-5-7-15(19)8-6-14/h5-8,12-13H,9-11H2,1-4H3,(H,20,22,24). The molecule has 4 nitrogen and oxygen atoms in total. The van der Waals surface area contributed by atoms with Crippen molar-refractivity contribution in [1.29, 1.82) is 0 Å². The van der Waals surface area contributed by atoms with Gasteiger partial charge in [-0.2, -0.15) is 0 Å². The van der Waals surface area contributed by atoms with Gasteiger partial charge in [0.2, 0.25) is 11.8 Å². The van der Waals surface area contributed by atoms with Gasteiger partial charge in [-0.15, -0.1) is 0 Å². The SMILES string of the molecule is CC(C)CN(CC(C)C)C(=O)CC(=O)NC(=S)c1ccc(Cl)cc1. The molecule has 0 radical (unpaired) electrons. The van der Waals surface area contributed by atoms with Gasteiger partial charge in [0, 0.05) is 23.7 Å². The van der Waals surface area contributed by atoms with Crippen LogP contribution in [-0.2, 0) is 9.59 Å². The van der Waals surface area contributed by atoms with E-state index in [2.05, 4.69) is 33.0 Å². The Morgan fingerprint density at radius 3 is 2.04 bits per heavy atom. The second-order valence-electron chi connectivity index (χ2n) is 6.65. The van der Waals surface area contributed by atoms with Gasteiger partial charge in [-0.25, -0.2) is 0 Å². The first-order valence-corrected chi connectivity index (χ1v) is 8.85. The van der Waals surface area contributed by atoms with E-state index in [9.17, 15) is 9.59 Å². The summed E-state index contributed by atoms with van der Waals surface area (Å²) in [6, 6.07) is 6.87. The van der Waals surface area contributed by atoms with E-state index in [4.69, 9.17) is 23.8 Å². The number of hydrogen-bond donors (Lipinski definition) is 1. The molecule has 0 unspecified atom stereocenters. The van der Waals surface area contributed by atoms with E-state index in [1.807, 2.05) is 0 Å². The fourth-order valence-electron chi connectivity index (χ4n) is 2.25. The third kappa shape index (κ3) is 7.41. The summed E-state index contributed by atoms with van der Waals surface area (Å²) in [5, 5.41) is 3.21. The van der Waals surface area contributed by atoms with Gasteiger partial charge in [0.25, 0.3) is 0 Å². The first-order valence-electron chi connectivity index (χ1n) is 8.06. The average Bonchev–Trinajstić information content (AvgIpc) is 2.45. The monoisotopic (exact) mass is 368 g/mol. The molecular weight excluding hydrogens is 344 g/mol. The van der Waals surface area contributed by atoms with Gasteiger partial charge < -0.3 is 10.2 Å².